The lowest BCUT2D eigenvalue weighted by Crippen LogP contribution is -2.57. The van der Waals surface area contributed by atoms with Crippen molar-refractivity contribution in [1.29, 1.82) is 0 Å². The zero-order valence-corrected chi connectivity index (χ0v) is 11.7. The van der Waals surface area contributed by atoms with Crippen LogP contribution >= 0.6 is 0 Å². The normalized spacial score (nSPS) is 34.8. The molecule has 2 N–H and O–H groups in total. The van der Waals surface area contributed by atoms with Crippen molar-refractivity contribution in [2.24, 2.45) is 23.7 Å². The Kier molecular flexibility index (Phi) is 3.36. The summed E-state index contributed by atoms with van der Waals surface area (Å²) >= 11 is 0. The number of hydrogen-bond donors (Lipinski definition) is 2. The molecule has 0 radical (unpaired) electrons. The van der Waals surface area contributed by atoms with Gasteiger partial charge < -0.3 is 20.0 Å². The van der Waals surface area contributed by atoms with E-state index in [0.717, 1.165) is 19.4 Å². The number of carboxylic acids is 1. The second kappa shape index (κ2) is 4.91. The van der Waals surface area contributed by atoms with E-state index in [9.17, 15) is 14.7 Å². The SMILES string of the molecule is CC(C(=O)O)C1CN(C(=O)N2CC3CCC(O)C3C2)C1. The first-order valence-corrected chi connectivity index (χ1v) is 7.42. The van der Waals surface area contributed by atoms with Gasteiger partial charge in [0.15, 0.2) is 0 Å². The molecule has 2 heterocycles. The molecule has 0 aromatic rings. The van der Waals surface area contributed by atoms with E-state index in [1.54, 1.807) is 11.8 Å². The Labute approximate surface area is 118 Å². The molecule has 4 atom stereocenters. The summed E-state index contributed by atoms with van der Waals surface area (Å²) in [6, 6.07) is 0.0143. The number of amides is 2. The fourth-order valence-corrected chi connectivity index (χ4v) is 3.78. The lowest BCUT2D eigenvalue weighted by Gasteiger charge is -2.43. The molecule has 3 fully saturated rings. The molecular weight excluding hydrogens is 260 g/mol. The minimum atomic E-state index is -0.791. The summed E-state index contributed by atoms with van der Waals surface area (Å²) in [7, 11) is 0. The molecule has 0 spiro atoms. The Bertz CT molecular complexity index is 421. The van der Waals surface area contributed by atoms with Crippen molar-refractivity contribution in [3.05, 3.63) is 0 Å². The number of aliphatic hydroxyl groups is 1. The Morgan fingerprint density at radius 2 is 1.75 bits per heavy atom. The molecule has 0 bridgehead atoms. The first-order chi connectivity index (χ1) is 9.47. The van der Waals surface area contributed by atoms with Crippen molar-refractivity contribution >= 4 is 12.0 Å². The van der Waals surface area contributed by atoms with Gasteiger partial charge >= 0.3 is 12.0 Å². The van der Waals surface area contributed by atoms with Crippen molar-refractivity contribution in [2.45, 2.75) is 25.9 Å². The molecule has 0 aromatic heterocycles. The number of aliphatic carboxylic acids is 1. The molecule has 2 amide bonds. The van der Waals surface area contributed by atoms with Crippen LogP contribution in [0, 0.1) is 23.7 Å². The average molecular weight is 282 g/mol. The summed E-state index contributed by atoms with van der Waals surface area (Å²) in [6.07, 6.45) is 1.61. The fourth-order valence-electron chi connectivity index (χ4n) is 3.78. The van der Waals surface area contributed by atoms with Crippen LogP contribution in [0.25, 0.3) is 0 Å². The third-order valence-electron chi connectivity index (χ3n) is 5.37. The molecule has 3 rings (SSSR count). The summed E-state index contributed by atoms with van der Waals surface area (Å²) in [6.45, 7) is 4.18. The maximum Gasteiger partial charge on any atom is 0.320 e. The number of carbonyl (C=O) groups is 2. The predicted octanol–water partition coefficient (Wildman–Crippen LogP) is 0.462. The topological polar surface area (TPSA) is 81.1 Å². The predicted molar refractivity (Wildman–Crippen MR) is 71.1 cm³/mol. The molecule has 1 saturated carbocycles. The summed E-state index contributed by atoms with van der Waals surface area (Å²) < 4.78 is 0. The first-order valence-electron chi connectivity index (χ1n) is 7.42. The summed E-state index contributed by atoms with van der Waals surface area (Å²) in [5.41, 5.74) is 0. The number of rotatable bonds is 2. The van der Waals surface area contributed by atoms with E-state index in [0.29, 0.717) is 25.6 Å². The van der Waals surface area contributed by atoms with Crippen LogP contribution in [0.2, 0.25) is 0 Å². The summed E-state index contributed by atoms with van der Waals surface area (Å²) in [5.74, 6) is -0.415. The van der Waals surface area contributed by atoms with Crippen molar-refractivity contribution in [3.8, 4) is 0 Å². The van der Waals surface area contributed by atoms with Gasteiger partial charge in [0, 0.05) is 38.0 Å². The third kappa shape index (κ3) is 2.16. The van der Waals surface area contributed by atoms with E-state index >= 15 is 0 Å². The highest BCUT2D eigenvalue weighted by atomic mass is 16.4. The van der Waals surface area contributed by atoms with Gasteiger partial charge in [-0.3, -0.25) is 4.79 Å². The van der Waals surface area contributed by atoms with Gasteiger partial charge in [0.2, 0.25) is 0 Å². The van der Waals surface area contributed by atoms with Crippen LogP contribution < -0.4 is 0 Å². The van der Waals surface area contributed by atoms with Crippen molar-refractivity contribution < 1.29 is 19.8 Å². The van der Waals surface area contributed by atoms with Crippen molar-refractivity contribution in [3.63, 3.8) is 0 Å². The van der Waals surface area contributed by atoms with E-state index in [2.05, 4.69) is 0 Å². The fraction of sp³-hybridized carbons (Fsp3) is 0.857. The standard InChI is InChI=1S/C14H22N2O4/c1-8(13(18)19)10-5-15(6-10)14(20)16-4-9-2-3-12(17)11(9)7-16/h8-12,17H,2-7H2,1H3,(H,18,19). The molecule has 20 heavy (non-hydrogen) atoms. The van der Waals surface area contributed by atoms with Gasteiger partial charge in [-0.15, -0.1) is 0 Å². The molecule has 4 unspecified atom stereocenters. The number of urea groups is 1. The van der Waals surface area contributed by atoms with Gasteiger partial charge in [0.1, 0.15) is 0 Å². The van der Waals surface area contributed by atoms with Crippen molar-refractivity contribution in [1.82, 2.24) is 9.80 Å². The summed E-state index contributed by atoms with van der Waals surface area (Å²) in [5, 5.41) is 18.8. The highest BCUT2D eigenvalue weighted by molar-refractivity contribution is 5.76. The second-order valence-corrected chi connectivity index (χ2v) is 6.55. The molecule has 1 aliphatic carbocycles. The van der Waals surface area contributed by atoms with Gasteiger partial charge in [-0.1, -0.05) is 6.92 Å². The smallest absolute Gasteiger partial charge is 0.320 e. The van der Waals surface area contributed by atoms with Crippen LogP contribution in [0.4, 0.5) is 4.79 Å². The van der Waals surface area contributed by atoms with Gasteiger partial charge in [0.25, 0.3) is 0 Å². The Morgan fingerprint density at radius 3 is 2.35 bits per heavy atom. The molecule has 6 heteroatoms. The Balaban J connectivity index is 1.51. The third-order valence-corrected chi connectivity index (χ3v) is 5.37. The van der Waals surface area contributed by atoms with E-state index in [4.69, 9.17) is 5.11 Å². The van der Waals surface area contributed by atoms with E-state index in [1.165, 1.54) is 0 Å². The minimum Gasteiger partial charge on any atom is -0.481 e. The van der Waals surface area contributed by atoms with Crippen LogP contribution in [0.15, 0.2) is 0 Å². The monoisotopic (exact) mass is 282 g/mol. The number of hydrogen-bond acceptors (Lipinski definition) is 3. The van der Waals surface area contributed by atoms with E-state index < -0.39 is 5.97 Å². The van der Waals surface area contributed by atoms with Crippen LogP contribution in [0.5, 0.6) is 0 Å². The summed E-state index contributed by atoms with van der Waals surface area (Å²) in [4.78, 5) is 26.8. The highest BCUT2D eigenvalue weighted by Crippen LogP contribution is 2.39. The number of aliphatic hydroxyl groups excluding tert-OH is 1. The molecule has 3 aliphatic rings. The van der Waals surface area contributed by atoms with Crippen LogP contribution in [0.3, 0.4) is 0 Å². The Hall–Kier alpha value is -1.30. The zero-order valence-electron chi connectivity index (χ0n) is 11.7. The van der Waals surface area contributed by atoms with E-state index in [-0.39, 0.29) is 29.9 Å². The molecule has 6 nitrogen and oxygen atoms in total. The number of carboxylic acid groups (broad SMARTS) is 1. The quantitative estimate of drug-likeness (QED) is 0.771. The van der Waals surface area contributed by atoms with Crippen LogP contribution in [0.1, 0.15) is 19.8 Å². The number of carbonyl (C=O) groups excluding carboxylic acids is 1. The lowest BCUT2D eigenvalue weighted by atomic mass is 9.87. The Morgan fingerprint density at radius 1 is 1.10 bits per heavy atom. The lowest BCUT2D eigenvalue weighted by molar-refractivity contribution is -0.144. The number of likely N-dealkylation sites (tertiary alicyclic amines) is 2. The van der Waals surface area contributed by atoms with E-state index in [1.807, 2.05) is 4.90 Å². The molecule has 2 saturated heterocycles. The van der Waals surface area contributed by atoms with Gasteiger partial charge in [-0.2, -0.15) is 0 Å². The largest absolute Gasteiger partial charge is 0.481 e. The van der Waals surface area contributed by atoms with Gasteiger partial charge in [0.05, 0.1) is 12.0 Å². The molecule has 112 valence electrons. The van der Waals surface area contributed by atoms with Crippen LogP contribution in [-0.4, -0.2) is 64.3 Å². The van der Waals surface area contributed by atoms with Crippen molar-refractivity contribution in [2.75, 3.05) is 26.2 Å². The second-order valence-electron chi connectivity index (χ2n) is 6.55. The van der Waals surface area contributed by atoms with Crippen LogP contribution in [-0.2, 0) is 4.79 Å². The maximum absolute atomic E-state index is 12.3. The average Bonchev–Trinajstić information content (AvgIpc) is 2.89. The highest BCUT2D eigenvalue weighted by Gasteiger charge is 2.46. The number of fused-ring (bicyclic) bond motifs is 1. The first kappa shape index (κ1) is 13.7. The molecule has 0 aromatic carbocycles. The van der Waals surface area contributed by atoms with Gasteiger partial charge in [-0.05, 0) is 18.8 Å². The zero-order chi connectivity index (χ0) is 14.4. The molecular formula is C14H22N2O4. The number of nitrogens with zero attached hydrogens (tertiary/aromatic N) is 2. The van der Waals surface area contributed by atoms with Gasteiger partial charge in [-0.25, -0.2) is 4.79 Å². The molecule has 2 aliphatic heterocycles. The minimum absolute atomic E-state index is 0.0143. The maximum atomic E-state index is 12.3.